The van der Waals surface area contributed by atoms with Crippen LogP contribution >= 0.6 is 0 Å². The minimum absolute atomic E-state index is 0.772. The topological polar surface area (TPSA) is 15.6 Å². The number of hydrogen-bond donors (Lipinski definition) is 0. The van der Waals surface area contributed by atoms with Crippen molar-refractivity contribution in [1.82, 2.24) is 5.12 Å². The highest BCUT2D eigenvalue weighted by molar-refractivity contribution is 5.52. The van der Waals surface area contributed by atoms with Crippen molar-refractivity contribution in [3.8, 4) is 0 Å². The largest absolute Gasteiger partial charge is 0.203 e. The van der Waals surface area contributed by atoms with Gasteiger partial charge in [0.1, 0.15) is 0 Å². The van der Waals surface area contributed by atoms with Gasteiger partial charge in [-0.2, -0.15) is 0 Å². The van der Waals surface area contributed by atoms with Crippen LogP contribution in [0.3, 0.4) is 0 Å². The van der Waals surface area contributed by atoms with E-state index in [4.69, 9.17) is 0 Å². The molecule has 3 nitrogen and oxygen atoms in total. The maximum atomic E-state index is 4.22. The molecular formula is C9H20N3+. The van der Waals surface area contributed by atoms with Crippen LogP contribution in [0.15, 0.2) is 17.9 Å². The van der Waals surface area contributed by atoms with Crippen molar-refractivity contribution in [3.63, 3.8) is 0 Å². The molecule has 0 saturated carbocycles. The fourth-order valence-corrected chi connectivity index (χ4v) is 1.00. The van der Waals surface area contributed by atoms with Crippen LogP contribution in [0.1, 0.15) is 20.8 Å². The molecule has 0 atom stereocenters. The van der Waals surface area contributed by atoms with Crippen LogP contribution < -0.4 is 0 Å². The van der Waals surface area contributed by atoms with Crippen molar-refractivity contribution in [3.05, 3.63) is 12.8 Å². The zero-order valence-electron chi connectivity index (χ0n) is 8.62. The Labute approximate surface area is 75.5 Å². The number of nitrogens with zero attached hydrogens (tertiary/aromatic N) is 3. The van der Waals surface area contributed by atoms with Crippen LogP contribution in [0.4, 0.5) is 0 Å². The number of quaternary nitrogens is 1. The van der Waals surface area contributed by atoms with E-state index in [0.29, 0.717) is 0 Å². The fourth-order valence-electron chi connectivity index (χ4n) is 1.00. The average Bonchev–Trinajstić information content (AvgIpc) is 2.13. The molecule has 3 heteroatoms. The molecule has 0 aliphatic rings. The predicted molar refractivity (Wildman–Crippen MR) is 53.5 cm³/mol. The van der Waals surface area contributed by atoms with E-state index in [0.717, 1.165) is 17.7 Å². The van der Waals surface area contributed by atoms with E-state index >= 15 is 0 Å². The van der Waals surface area contributed by atoms with Gasteiger partial charge >= 0.3 is 0 Å². The van der Waals surface area contributed by atoms with Crippen LogP contribution in [0, 0.1) is 0 Å². The second kappa shape index (κ2) is 4.93. The highest BCUT2D eigenvalue weighted by Crippen LogP contribution is 2.08. The zero-order valence-corrected chi connectivity index (χ0v) is 8.62. The van der Waals surface area contributed by atoms with E-state index in [9.17, 15) is 0 Å². The monoisotopic (exact) mass is 170 g/mol. The van der Waals surface area contributed by atoms with Gasteiger partial charge < -0.3 is 0 Å². The van der Waals surface area contributed by atoms with E-state index in [1.54, 1.807) is 12.4 Å². The maximum absolute atomic E-state index is 4.22. The van der Waals surface area contributed by atoms with Crippen LogP contribution in [-0.2, 0) is 0 Å². The van der Waals surface area contributed by atoms with Crippen molar-refractivity contribution in [2.24, 2.45) is 5.10 Å². The van der Waals surface area contributed by atoms with Crippen molar-refractivity contribution in [2.75, 3.05) is 20.1 Å². The second-order valence-corrected chi connectivity index (χ2v) is 2.85. The Morgan fingerprint density at radius 3 is 2.17 bits per heavy atom. The summed E-state index contributed by atoms with van der Waals surface area (Å²) >= 11 is 0. The Hall–Kier alpha value is -0.830. The summed E-state index contributed by atoms with van der Waals surface area (Å²) in [4.78, 5) is 0. The third kappa shape index (κ3) is 2.34. The minimum Gasteiger partial charge on any atom is -0.203 e. The molecule has 0 fully saturated rings. The summed E-state index contributed by atoms with van der Waals surface area (Å²) in [6.07, 6.45) is 3.54. The lowest BCUT2D eigenvalue weighted by atomic mass is 10.5. The van der Waals surface area contributed by atoms with Crippen LogP contribution in [0.5, 0.6) is 0 Å². The molecule has 0 aliphatic heterocycles. The molecule has 12 heavy (non-hydrogen) atoms. The van der Waals surface area contributed by atoms with Gasteiger partial charge in [-0.25, -0.2) is 4.59 Å². The lowest BCUT2D eigenvalue weighted by molar-refractivity contribution is -1.01. The number of hydrazone groups is 1. The Morgan fingerprint density at radius 1 is 1.42 bits per heavy atom. The first-order chi connectivity index (χ1) is 5.64. The Kier molecular flexibility index (Phi) is 4.59. The Balaban J connectivity index is 4.53. The van der Waals surface area contributed by atoms with Crippen molar-refractivity contribution in [2.45, 2.75) is 20.8 Å². The van der Waals surface area contributed by atoms with E-state index in [-0.39, 0.29) is 0 Å². The summed E-state index contributed by atoms with van der Waals surface area (Å²) < 4.78 is 0.772. The lowest BCUT2D eigenvalue weighted by Gasteiger charge is -2.36. The lowest BCUT2D eigenvalue weighted by Crippen LogP contribution is -2.52. The highest BCUT2D eigenvalue weighted by atomic mass is 15.8. The number of hydrogen-bond acceptors (Lipinski definition) is 2. The first-order valence-corrected chi connectivity index (χ1v) is 4.40. The molecule has 0 rings (SSSR count). The standard InChI is InChI=1S/C9H20N3/c1-6-10-11(7-2)12(5,8-3)9-4/h6-7H,2,8-9H2,1,3-5H3/q+1. The van der Waals surface area contributed by atoms with E-state index in [1.807, 2.05) is 12.0 Å². The molecule has 0 bridgehead atoms. The van der Waals surface area contributed by atoms with Gasteiger partial charge in [0, 0.05) is 6.21 Å². The van der Waals surface area contributed by atoms with Gasteiger partial charge in [-0.15, -0.1) is 10.2 Å². The molecule has 0 spiro atoms. The normalized spacial score (nSPS) is 12.0. The summed E-state index contributed by atoms with van der Waals surface area (Å²) in [6, 6.07) is 0. The van der Waals surface area contributed by atoms with E-state index in [2.05, 4.69) is 32.6 Å². The van der Waals surface area contributed by atoms with Gasteiger partial charge in [-0.3, -0.25) is 0 Å². The van der Waals surface area contributed by atoms with Gasteiger partial charge in [-0.1, -0.05) is 6.58 Å². The highest BCUT2D eigenvalue weighted by Gasteiger charge is 2.22. The third-order valence-corrected chi connectivity index (χ3v) is 2.25. The molecule has 0 saturated heterocycles. The van der Waals surface area contributed by atoms with Crippen molar-refractivity contribution in [1.29, 1.82) is 0 Å². The molecule has 0 N–H and O–H groups in total. The van der Waals surface area contributed by atoms with Crippen molar-refractivity contribution < 1.29 is 4.59 Å². The molecule has 0 radical (unpaired) electrons. The smallest absolute Gasteiger partial charge is 0.0999 e. The average molecular weight is 170 g/mol. The molecule has 70 valence electrons. The summed E-state index contributed by atoms with van der Waals surface area (Å²) in [5.41, 5.74) is 0. The van der Waals surface area contributed by atoms with Crippen LogP contribution in [-0.4, -0.2) is 36.1 Å². The van der Waals surface area contributed by atoms with Crippen molar-refractivity contribution >= 4 is 6.21 Å². The summed E-state index contributed by atoms with van der Waals surface area (Å²) in [5, 5.41) is 6.09. The van der Waals surface area contributed by atoms with E-state index in [1.165, 1.54) is 0 Å². The summed E-state index contributed by atoms with van der Waals surface area (Å²) in [6.45, 7) is 12.0. The second-order valence-electron chi connectivity index (χ2n) is 2.85. The minimum atomic E-state index is 0.772. The SMILES string of the molecule is C=CN(N=CC)[N+](C)(CC)CC. The van der Waals surface area contributed by atoms with Crippen LogP contribution in [0.2, 0.25) is 0 Å². The van der Waals surface area contributed by atoms with E-state index < -0.39 is 0 Å². The maximum Gasteiger partial charge on any atom is 0.0999 e. The quantitative estimate of drug-likeness (QED) is 0.349. The molecule has 0 aromatic carbocycles. The molecule has 0 amide bonds. The molecular weight excluding hydrogens is 150 g/mol. The molecule has 0 aromatic heterocycles. The summed E-state index contributed by atoms with van der Waals surface area (Å²) in [7, 11) is 2.13. The number of rotatable bonds is 5. The van der Waals surface area contributed by atoms with Gasteiger partial charge in [0.2, 0.25) is 0 Å². The predicted octanol–water partition coefficient (Wildman–Crippen LogP) is 1.84. The van der Waals surface area contributed by atoms with Gasteiger partial charge in [0.25, 0.3) is 0 Å². The Morgan fingerprint density at radius 2 is 1.92 bits per heavy atom. The van der Waals surface area contributed by atoms with Gasteiger partial charge in [0.15, 0.2) is 0 Å². The Bertz CT molecular complexity index is 159. The van der Waals surface area contributed by atoms with Gasteiger partial charge in [-0.05, 0) is 20.8 Å². The first kappa shape index (κ1) is 11.2. The molecule has 0 unspecified atom stereocenters. The molecule has 0 heterocycles. The van der Waals surface area contributed by atoms with Crippen LogP contribution in [0.25, 0.3) is 0 Å². The van der Waals surface area contributed by atoms with Gasteiger partial charge in [0.05, 0.1) is 26.3 Å². The fraction of sp³-hybridized carbons (Fsp3) is 0.667. The zero-order chi connectivity index (χ0) is 9.61. The molecule has 0 aliphatic carbocycles. The molecule has 0 aromatic rings. The third-order valence-electron chi connectivity index (χ3n) is 2.25. The summed E-state index contributed by atoms with van der Waals surface area (Å²) in [5.74, 6) is 0. The first-order valence-electron chi connectivity index (χ1n) is 4.40.